The van der Waals surface area contributed by atoms with Crippen LogP contribution in [0.15, 0.2) is 70.5 Å². The first-order chi connectivity index (χ1) is 9.60. The SMILES string of the molecule is C=C(CCl)C[S+](c1ccc(C)cc1)c1ccc(C)cc1. The van der Waals surface area contributed by atoms with Gasteiger partial charge >= 0.3 is 0 Å². The van der Waals surface area contributed by atoms with Crippen molar-refractivity contribution >= 4 is 22.5 Å². The van der Waals surface area contributed by atoms with Crippen LogP contribution in [0.1, 0.15) is 11.1 Å². The summed E-state index contributed by atoms with van der Waals surface area (Å²) in [6.07, 6.45) is 0. The topological polar surface area (TPSA) is 0 Å². The predicted octanol–water partition coefficient (Wildman–Crippen LogP) is 5.13. The highest BCUT2D eigenvalue weighted by molar-refractivity contribution is 7.97. The van der Waals surface area contributed by atoms with Crippen LogP contribution in [0.5, 0.6) is 0 Å². The van der Waals surface area contributed by atoms with E-state index in [9.17, 15) is 0 Å². The van der Waals surface area contributed by atoms with Gasteiger partial charge in [0, 0.05) is 5.88 Å². The van der Waals surface area contributed by atoms with Crippen LogP contribution in [-0.2, 0) is 10.9 Å². The zero-order valence-electron chi connectivity index (χ0n) is 12.0. The van der Waals surface area contributed by atoms with Crippen LogP contribution >= 0.6 is 11.6 Å². The van der Waals surface area contributed by atoms with E-state index in [1.54, 1.807) is 0 Å². The van der Waals surface area contributed by atoms with Crippen molar-refractivity contribution in [3.8, 4) is 0 Å². The molecule has 0 nitrogen and oxygen atoms in total. The lowest BCUT2D eigenvalue weighted by Gasteiger charge is -2.09. The lowest BCUT2D eigenvalue weighted by molar-refractivity contribution is 1.30. The molecule has 2 aromatic rings. The smallest absolute Gasteiger partial charge is 0.122 e. The first-order valence-corrected chi connectivity index (χ1v) is 8.60. The molecule has 2 rings (SSSR count). The van der Waals surface area contributed by atoms with Crippen LogP contribution in [0.4, 0.5) is 0 Å². The Morgan fingerprint density at radius 2 is 1.30 bits per heavy atom. The molecule has 0 aromatic heterocycles. The Balaban J connectivity index is 2.35. The third kappa shape index (κ3) is 3.91. The van der Waals surface area contributed by atoms with Crippen molar-refractivity contribution in [2.75, 3.05) is 11.6 Å². The highest BCUT2D eigenvalue weighted by Gasteiger charge is 2.25. The molecule has 0 atom stereocenters. The fraction of sp³-hybridized carbons (Fsp3) is 0.222. The third-order valence-corrected chi connectivity index (χ3v) is 5.91. The summed E-state index contributed by atoms with van der Waals surface area (Å²) < 4.78 is 0. The van der Waals surface area contributed by atoms with Crippen molar-refractivity contribution < 1.29 is 0 Å². The molecule has 20 heavy (non-hydrogen) atoms. The lowest BCUT2D eigenvalue weighted by Crippen LogP contribution is -2.11. The Bertz CT molecular complexity index is 524. The Morgan fingerprint density at radius 1 is 0.900 bits per heavy atom. The molecule has 104 valence electrons. The van der Waals surface area contributed by atoms with Crippen molar-refractivity contribution in [1.82, 2.24) is 0 Å². The van der Waals surface area contributed by atoms with E-state index < -0.39 is 0 Å². The van der Waals surface area contributed by atoms with E-state index in [0.717, 1.165) is 11.3 Å². The monoisotopic (exact) mass is 303 g/mol. The predicted molar refractivity (Wildman–Crippen MR) is 91.0 cm³/mol. The van der Waals surface area contributed by atoms with Gasteiger partial charge in [-0.15, -0.1) is 11.6 Å². The van der Waals surface area contributed by atoms with Crippen LogP contribution < -0.4 is 0 Å². The van der Waals surface area contributed by atoms with Crippen LogP contribution in [0.25, 0.3) is 0 Å². The minimum atomic E-state index is 0.0183. The molecule has 2 aromatic carbocycles. The number of benzene rings is 2. The van der Waals surface area contributed by atoms with E-state index >= 15 is 0 Å². The fourth-order valence-electron chi connectivity index (χ4n) is 1.95. The number of hydrogen-bond donors (Lipinski definition) is 0. The average molecular weight is 304 g/mol. The maximum atomic E-state index is 5.93. The van der Waals surface area contributed by atoms with Gasteiger partial charge in [0.15, 0.2) is 9.79 Å². The molecule has 0 amide bonds. The van der Waals surface area contributed by atoms with E-state index in [-0.39, 0.29) is 10.9 Å². The summed E-state index contributed by atoms with van der Waals surface area (Å²) >= 11 is 5.93. The number of alkyl halides is 1. The molecule has 0 unspecified atom stereocenters. The van der Waals surface area contributed by atoms with Gasteiger partial charge in [-0.2, -0.15) is 0 Å². The van der Waals surface area contributed by atoms with Gasteiger partial charge in [0.1, 0.15) is 5.75 Å². The second kappa shape index (κ2) is 7.01. The largest absolute Gasteiger partial charge is 0.161 e. The van der Waals surface area contributed by atoms with E-state index in [1.807, 2.05) is 0 Å². The van der Waals surface area contributed by atoms with Gasteiger partial charge in [0.2, 0.25) is 0 Å². The number of halogens is 1. The Hall–Kier alpha value is -1.18. The van der Waals surface area contributed by atoms with Gasteiger partial charge in [-0.1, -0.05) is 42.0 Å². The molecule has 0 heterocycles. The molecular weight excluding hydrogens is 284 g/mol. The molecule has 0 bridgehead atoms. The highest BCUT2D eigenvalue weighted by atomic mass is 35.5. The molecule has 0 radical (unpaired) electrons. The standard InChI is InChI=1S/C18H20ClS/c1-14-4-8-17(9-5-14)20(13-16(3)12-19)18-10-6-15(2)7-11-18/h4-11H,3,12-13H2,1-2H3/q+1. The number of hydrogen-bond acceptors (Lipinski definition) is 0. The second-order valence-electron chi connectivity index (χ2n) is 5.04. The molecule has 0 aliphatic carbocycles. The first-order valence-electron chi connectivity index (χ1n) is 6.67. The molecule has 0 saturated heterocycles. The minimum Gasteiger partial charge on any atom is -0.122 e. The van der Waals surface area contributed by atoms with Gasteiger partial charge in [-0.05, 0) is 43.7 Å². The Morgan fingerprint density at radius 3 is 1.65 bits per heavy atom. The molecule has 0 aliphatic rings. The summed E-state index contributed by atoms with van der Waals surface area (Å²) in [7, 11) is 0.0183. The molecule has 2 heteroatoms. The zero-order chi connectivity index (χ0) is 14.5. The number of rotatable bonds is 5. The fourth-order valence-corrected chi connectivity index (χ4v) is 4.20. The van der Waals surface area contributed by atoms with Crippen LogP contribution in [0.3, 0.4) is 0 Å². The maximum Gasteiger partial charge on any atom is 0.161 e. The van der Waals surface area contributed by atoms with Crippen molar-refractivity contribution in [2.45, 2.75) is 23.6 Å². The summed E-state index contributed by atoms with van der Waals surface area (Å²) in [4.78, 5) is 2.71. The second-order valence-corrected chi connectivity index (χ2v) is 7.33. The van der Waals surface area contributed by atoms with Crippen LogP contribution in [0, 0.1) is 13.8 Å². The molecule has 0 N–H and O–H groups in total. The van der Waals surface area contributed by atoms with Gasteiger partial charge < -0.3 is 0 Å². The van der Waals surface area contributed by atoms with E-state index in [0.29, 0.717) is 5.88 Å². The normalized spacial score (nSPS) is 10.8. The van der Waals surface area contributed by atoms with E-state index in [1.165, 1.54) is 20.9 Å². The van der Waals surface area contributed by atoms with E-state index in [2.05, 4.69) is 69.0 Å². The summed E-state index contributed by atoms with van der Waals surface area (Å²) in [6, 6.07) is 17.6. The van der Waals surface area contributed by atoms with Crippen molar-refractivity contribution in [2.24, 2.45) is 0 Å². The minimum absolute atomic E-state index is 0.0183. The van der Waals surface area contributed by atoms with Gasteiger partial charge in [0.05, 0.1) is 10.9 Å². The summed E-state index contributed by atoms with van der Waals surface area (Å²) in [6.45, 7) is 8.31. The molecular formula is C18H20ClS+. The molecule has 0 saturated carbocycles. The van der Waals surface area contributed by atoms with Crippen LogP contribution in [0.2, 0.25) is 0 Å². The van der Waals surface area contributed by atoms with Gasteiger partial charge in [-0.25, -0.2) is 0 Å². The highest BCUT2D eigenvalue weighted by Crippen LogP contribution is 2.26. The summed E-state index contributed by atoms with van der Waals surface area (Å²) in [5.41, 5.74) is 3.67. The first kappa shape index (κ1) is 15.2. The maximum absolute atomic E-state index is 5.93. The summed E-state index contributed by atoms with van der Waals surface area (Å²) in [5.74, 6) is 1.46. The quantitative estimate of drug-likeness (QED) is 0.408. The van der Waals surface area contributed by atoms with Crippen LogP contribution in [-0.4, -0.2) is 11.6 Å². The lowest BCUT2D eigenvalue weighted by atomic mass is 10.2. The molecule has 0 fully saturated rings. The number of aryl methyl sites for hydroxylation is 2. The Kier molecular flexibility index (Phi) is 5.33. The summed E-state index contributed by atoms with van der Waals surface area (Å²) in [5, 5.41) is 0. The van der Waals surface area contributed by atoms with E-state index in [4.69, 9.17) is 11.6 Å². The van der Waals surface area contributed by atoms with Crippen molar-refractivity contribution in [1.29, 1.82) is 0 Å². The Labute approximate surface area is 129 Å². The third-order valence-electron chi connectivity index (χ3n) is 3.15. The van der Waals surface area contributed by atoms with Gasteiger partial charge in [-0.3, -0.25) is 0 Å². The zero-order valence-corrected chi connectivity index (χ0v) is 13.6. The van der Waals surface area contributed by atoms with Crippen molar-refractivity contribution in [3.63, 3.8) is 0 Å². The van der Waals surface area contributed by atoms with Gasteiger partial charge in [0.25, 0.3) is 0 Å². The molecule has 0 spiro atoms. The average Bonchev–Trinajstić information content (AvgIpc) is 2.46. The van der Waals surface area contributed by atoms with Crippen molar-refractivity contribution in [3.05, 3.63) is 71.8 Å². The molecule has 0 aliphatic heterocycles.